The molecule has 0 aliphatic rings. The number of hydrogen-bond donors (Lipinski definition) is 2. The Balaban J connectivity index is 1.88. The molecule has 2 N–H and O–H groups in total. The molecule has 0 bridgehead atoms. The summed E-state index contributed by atoms with van der Waals surface area (Å²) in [6.45, 7) is 0.449. The highest BCUT2D eigenvalue weighted by Crippen LogP contribution is 2.11. The zero-order chi connectivity index (χ0) is 16.4. The van der Waals surface area contributed by atoms with Crippen LogP contribution in [0.5, 0.6) is 0 Å². The molecule has 5 nitrogen and oxygen atoms in total. The Bertz CT molecular complexity index is 990. The van der Waals surface area contributed by atoms with Crippen molar-refractivity contribution in [2.45, 2.75) is 6.54 Å². The Kier molecular flexibility index (Phi) is 4.08. The van der Waals surface area contributed by atoms with Crippen molar-refractivity contribution in [3.63, 3.8) is 0 Å². The van der Waals surface area contributed by atoms with Crippen molar-refractivity contribution in [2.24, 2.45) is 7.05 Å². The van der Waals surface area contributed by atoms with Gasteiger partial charge < -0.3 is 10.3 Å². The summed E-state index contributed by atoms with van der Waals surface area (Å²) >= 11 is 5.10. The number of hydrogen-bond acceptors (Lipinski definition) is 3. The zero-order valence-corrected chi connectivity index (χ0v) is 13.3. The average Bonchev–Trinajstić information content (AvgIpc) is 2.58. The first-order chi connectivity index (χ1) is 11.1. The minimum Gasteiger partial charge on any atom is -0.348 e. The normalized spacial score (nSPS) is 10.7. The van der Waals surface area contributed by atoms with Crippen molar-refractivity contribution in [1.29, 1.82) is 0 Å². The number of benzene rings is 2. The molecule has 0 saturated heterocycles. The van der Waals surface area contributed by atoms with Gasteiger partial charge in [-0.2, -0.15) is 0 Å². The van der Waals surface area contributed by atoms with E-state index in [1.807, 2.05) is 30.3 Å². The molecule has 0 spiro atoms. The first kappa shape index (κ1) is 15.2. The number of nitrogens with zero attached hydrogens (tertiary/aromatic N) is 1. The van der Waals surface area contributed by atoms with Gasteiger partial charge in [-0.1, -0.05) is 30.3 Å². The molecule has 3 aromatic rings. The van der Waals surface area contributed by atoms with E-state index in [1.165, 1.54) is 4.57 Å². The number of carbonyl (C=O) groups is 1. The van der Waals surface area contributed by atoms with Gasteiger partial charge in [0.15, 0.2) is 4.77 Å². The fraction of sp³-hybridized carbons (Fsp3) is 0.118. The minimum absolute atomic E-state index is 0.181. The van der Waals surface area contributed by atoms with Crippen molar-refractivity contribution in [3.05, 3.63) is 74.8 Å². The number of rotatable bonds is 3. The number of aromatic nitrogens is 2. The summed E-state index contributed by atoms with van der Waals surface area (Å²) in [7, 11) is 1.61. The van der Waals surface area contributed by atoms with Gasteiger partial charge in [-0.3, -0.25) is 14.2 Å². The van der Waals surface area contributed by atoms with Gasteiger partial charge >= 0.3 is 0 Å². The lowest BCUT2D eigenvalue weighted by Gasteiger charge is -2.07. The van der Waals surface area contributed by atoms with Crippen LogP contribution < -0.4 is 10.9 Å². The Morgan fingerprint density at radius 3 is 2.70 bits per heavy atom. The fourth-order valence-electron chi connectivity index (χ4n) is 2.33. The maximum Gasteiger partial charge on any atom is 0.261 e. The van der Waals surface area contributed by atoms with Crippen LogP contribution in [0, 0.1) is 4.77 Å². The molecule has 1 heterocycles. The summed E-state index contributed by atoms with van der Waals surface area (Å²) in [5.74, 6) is -0.198. The maximum atomic E-state index is 12.3. The van der Waals surface area contributed by atoms with E-state index in [2.05, 4.69) is 10.3 Å². The van der Waals surface area contributed by atoms with Crippen LogP contribution in [0.25, 0.3) is 10.9 Å². The Morgan fingerprint density at radius 1 is 1.22 bits per heavy atom. The zero-order valence-electron chi connectivity index (χ0n) is 12.5. The monoisotopic (exact) mass is 325 g/mol. The predicted molar refractivity (Wildman–Crippen MR) is 92.0 cm³/mol. The summed E-state index contributed by atoms with van der Waals surface area (Å²) in [4.78, 5) is 27.3. The molecule has 23 heavy (non-hydrogen) atoms. The molecular weight excluding hydrogens is 310 g/mol. The Hall–Kier alpha value is -2.73. The third-order valence-electron chi connectivity index (χ3n) is 3.66. The smallest absolute Gasteiger partial charge is 0.261 e. The van der Waals surface area contributed by atoms with E-state index in [0.717, 1.165) is 5.56 Å². The summed E-state index contributed by atoms with van der Waals surface area (Å²) < 4.78 is 1.69. The SMILES string of the molecule is Cn1c(=S)[nH]c2cc(C(=O)NCc3ccccc3)ccc2c1=O. The molecule has 0 fully saturated rings. The second kappa shape index (κ2) is 6.18. The summed E-state index contributed by atoms with van der Waals surface area (Å²) in [5, 5.41) is 3.36. The number of nitrogens with one attached hydrogen (secondary N) is 2. The third-order valence-corrected chi connectivity index (χ3v) is 4.03. The van der Waals surface area contributed by atoms with Gasteiger partial charge in [0.05, 0.1) is 10.9 Å². The van der Waals surface area contributed by atoms with Gasteiger partial charge in [0, 0.05) is 19.2 Å². The van der Waals surface area contributed by atoms with Crippen LogP contribution >= 0.6 is 12.2 Å². The van der Waals surface area contributed by atoms with E-state index in [4.69, 9.17) is 12.2 Å². The quantitative estimate of drug-likeness (QED) is 0.727. The molecular formula is C17H15N3O2S. The van der Waals surface area contributed by atoms with Crippen LogP contribution in [0.1, 0.15) is 15.9 Å². The second-order valence-corrected chi connectivity index (χ2v) is 5.61. The van der Waals surface area contributed by atoms with E-state index >= 15 is 0 Å². The van der Waals surface area contributed by atoms with E-state index in [0.29, 0.717) is 27.8 Å². The lowest BCUT2D eigenvalue weighted by Crippen LogP contribution is -2.23. The highest BCUT2D eigenvalue weighted by molar-refractivity contribution is 7.71. The van der Waals surface area contributed by atoms with Crippen LogP contribution in [-0.2, 0) is 13.6 Å². The first-order valence-corrected chi connectivity index (χ1v) is 7.52. The predicted octanol–water partition coefficient (Wildman–Crippen LogP) is 2.53. The standard InChI is InChI=1S/C17H15N3O2S/c1-20-16(22)13-8-7-12(9-14(13)19-17(20)23)15(21)18-10-11-5-3-2-4-6-11/h2-9H,10H2,1H3,(H,18,21)(H,19,23). The number of amides is 1. The summed E-state index contributed by atoms with van der Waals surface area (Å²) in [5.41, 5.74) is 1.88. The van der Waals surface area contributed by atoms with Crippen LogP contribution in [-0.4, -0.2) is 15.5 Å². The number of fused-ring (bicyclic) bond motifs is 1. The van der Waals surface area contributed by atoms with Gasteiger partial charge in [0.1, 0.15) is 0 Å². The van der Waals surface area contributed by atoms with E-state index in [-0.39, 0.29) is 11.5 Å². The molecule has 0 unspecified atom stereocenters. The fourth-order valence-corrected chi connectivity index (χ4v) is 2.52. The molecule has 0 aliphatic heterocycles. The molecule has 1 amide bonds. The molecule has 3 rings (SSSR count). The summed E-state index contributed by atoms with van der Waals surface area (Å²) in [6.07, 6.45) is 0. The number of carbonyl (C=O) groups excluding carboxylic acids is 1. The van der Waals surface area contributed by atoms with Crippen LogP contribution in [0.2, 0.25) is 0 Å². The molecule has 0 saturated carbocycles. The largest absolute Gasteiger partial charge is 0.348 e. The maximum absolute atomic E-state index is 12.3. The number of aromatic amines is 1. The van der Waals surface area contributed by atoms with E-state index in [1.54, 1.807) is 25.2 Å². The van der Waals surface area contributed by atoms with Gasteiger partial charge in [0.2, 0.25) is 0 Å². The van der Waals surface area contributed by atoms with E-state index < -0.39 is 0 Å². The molecule has 1 aromatic heterocycles. The van der Waals surface area contributed by atoms with Crippen molar-refractivity contribution in [3.8, 4) is 0 Å². The van der Waals surface area contributed by atoms with Crippen molar-refractivity contribution >= 4 is 29.0 Å². The molecule has 0 atom stereocenters. The van der Waals surface area contributed by atoms with Gasteiger partial charge in [-0.15, -0.1) is 0 Å². The highest BCUT2D eigenvalue weighted by Gasteiger charge is 2.09. The van der Waals surface area contributed by atoms with Gasteiger partial charge in [-0.05, 0) is 36.0 Å². The van der Waals surface area contributed by atoms with Crippen LogP contribution in [0.3, 0.4) is 0 Å². The Morgan fingerprint density at radius 2 is 1.96 bits per heavy atom. The topological polar surface area (TPSA) is 66.9 Å². The molecule has 0 radical (unpaired) electrons. The van der Waals surface area contributed by atoms with Crippen molar-refractivity contribution in [2.75, 3.05) is 0 Å². The number of H-pyrrole nitrogens is 1. The second-order valence-electron chi connectivity index (χ2n) is 5.22. The summed E-state index contributed by atoms with van der Waals surface area (Å²) in [6, 6.07) is 14.6. The third kappa shape index (κ3) is 3.07. The lowest BCUT2D eigenvalue weighted by atomic mass is 10.1. The van der Waals surface area contributed by atoms with Crippen molar-refractivity contribution in [1.82, 2.24) is 14.9 Å². The molecule has 2 aromatic carbocycles. The minimum atomic E-state index is -0.198. The average molecular weight is 325 g/mol. The van der Waals surface area contributed by atoms with Crippen LogP contribution in [0.4, 0.5) is 0 Å². The van der Waals surface area contributed by atoms with Crippen LogP contribution in [0.15, 0.2) is 53.3 Å². The molecule has 6 heteroatoms. The van der Waals surface area contributed by atoms with E-state index in [9.17, 15) is 9.59 Å². The lowest BCUT2D eigenvalue weighted by molar-refractivity contribution is 0.0951. The van der Waals surface area contributed by atoms with Crippen molar-refractivity contribution < 1.29 is 4.79 Å². The first-order valence-electron chi connectivity index (χ1n) is 7.11. The molecule has 116 valence electrons. The van der Waals surface area contributed by atoms with Gasteiger partial charge in [0.25, 0.3) is 11.5 Å². The Labute approximate surface area is 137 Å². The molecule has 0 aliphatic carbocycles. The highest BCUT2D eigenvalue weighted by atomic mass is 32.1. The van der Waals surface area contributed by atoms with Gasteiger partial charge in [-0.25, -0.2) is 0 Å².